The Kier molecular flexibility index (Phi) is 3.75. The number of hydrogen-bond acceptors (Lipinski definition) is 5. The zero-order valence-corrected chi connectivity index (χ0v) is 11.9. The largest absolute Gasteiger partial charge is 0.476 e. The Hall–Kier alpha value is -2.70. The van der Waals surface area contributed by atoms with E-state index >= 15 is 0 Å². The van der Waals surface area contributed by atoms with Gasteiger partial charge < -0.3 is 14.4 Å². The molecule has 0 saturated carbocycles. The molecule has 0 aliphatic carbocycles. The van der Waals surface area contributed by atoms with E-state index in [0.29, 0.717) is 0 Å². The van der Waals surface area contributed by atoms with Gasteiger partial charge in [0.25, 0.3) is 5.88 Å². The van der Waals surface area contributed by atoms with Crippen molar-refractivity contribution >= 4 is 5.97 Å². The lowest BCUT2D eigenvalue weighted by molar-refractivity contribution is 0.0687. The average Bonchev–Trinajstić information content (AvgIpc) is 2.40. The molecule has 2 aromatic rings. The summed E-state index contributed by atoms with van der Waals surface area (Å²) in [6, 6.07) is 2.94. The van der Waals surface area contributed by atoms with Crippen LogP contribution < -0.4 is 10.3 Å². The molecular formula is C14H15N3O4. The van der Waals surface area contributed by atoms with Gasteiger partial charge in [0.1, 0.15) is 0 Å². The zero-order valence-electron chi connectivity index (χ0n) is 11.9. The first kappa shape index (κ1) is 14.7. The maximum absolute atomic E-state index is 12.3. The molecule has 0 atom stereocenters. The Morgan fingerprint density at radius 2 is 2.00 bits per heavy atom. The molecule has 7 nitrogen and oxygen atoms in total. The minimum atomic E-state index is -1.24. The predicted octanol–water partition coefficient (Wildman–Crippen LogP) is 1.88. The van der Waals surface area contributed by atoms with Crippen LogP contribution in [0.3, 0.4) is 0 Å². The van der Waals surface area contributed by atoms with Crippen LogP contribution in [0.1, 0.15) is 31.3 Å². The third-order valence-electron chi connectivity index (χ3n) is 2.71. The second-order valence-electron chi connectivity index (χ2n) is 5.34. The molecule has 1 N–H and O–H groups in total. The molecular weight excluding hydrogens is 274 g/mol. The van der Waals surface area contributed by atoms with Crippen LogP contribution in [0.15, 0.2) is 35.5 Å². The van der Waals surface area contributed by atoms with Gasteiger partial charge in [-0.1, -0.05) is 0 Å². The minimum Gasteiger partial charge on any atom is -0.476 e. The van der Waals surface area contributed by atoms with Crippen molar-refractivity contribution in [1.29, 1.82) is 0 Å². The third kappa shape index (κ3) is 3.07. The van der Waals surface area contributed by atoms with Crippen molar-refractivity contribution < 1.29 is 14.6 Å². The molecule has 2 aromatic heterocycles. The highest BCUT2D eigenvalue weighted by Crippen LogP contribution is 2.20. The van der Waals surface area contributed by atoms with Gasteiger partial charge >= 0.3 is 11.5 Å². The molecule has 21 heavy (non-hydrogen) atoms. The maximum Gasteiger partial charge on any atom is 0.358 e. The van der Waals surface area contributed by atoms with E-state index in [9.17, 15) is 9.59 Å². The lowest BCUT2D eigenvalue weighted by Gasteiger charge is -2.22. The fourth-order valence-corrected chi connectivity index (χ4v) is 1.73. The maximum atomic E-state index is 12.3. The number of hydrogen-bond donors (Lipinski definition) is 1. The second-order valence-corrected chi connectivity index (χ2v) is 5.34. The van der Waals surface area contributed by atoms with E-state index < -0.39 is 17.1 Å². The van der Waals surface area contributed by atoms with Crippen LogP contribution in [0.2, 0.25) is 0 Å². The first-order valence-corrected chi connectivity index (χ1v) is 6.25. The van der Waals surface area contributed by atoms with E-state index in [1.807, 2.05) is 20.8 Å². The first-order valence-electron chi connectivity index (χ1n) is 6.25. The van der Waals surface area contributed by atoms with Gasteiger partial charge in [0, 0.05) is 24.1 Å². The highest BCUT2D eigenvalue weighted by Gasteiger charge is 2.19. The summed E-state index contributed by atoms with van der Waals surface area (Å²) in [6.07, 6.45) is 4.32. The van der Waals surface area contributed by atoms with Crippen molar-refractivity contribution in [3.8, 4) is 11.6 Å². The fourth-order valence-electron chi connectivity index (χ4n) is 1.73. The Balaban J connectivity index is 2.47. The van der Waals surface area contributed by atoms with Gasteiger partial charge in [0.15, 0.2) is 11.4 Å². The molecule has 0 bridgehead atoms. The molecule has 110 valence electrons. The van der Waals surface area contributed by atoms with Gasteiger partial charge in [-0.3, -0.25) is 4.79 Å². The van der Waals surface area contributed by atoms with Crippen LogP contribution in [0.4, 0.5) is 0 Å². The van der Waals surface area contributed by atoms with Crippen LogP contribution in [-0.2, 0) is 5.54 Å². The summed E-state index contributed by atoms with van der Waals surface area (Å²) in [7, 11) is 0. The van der Waals surface area contributed by atoms with Crippen molar-refractivity contribution in [1.82, 2.24) is 14.5 Å². The van der Waals surface area contributed by atoms with Crippen LogP contribution in [0, 0.1) is 0 Å². The summed E-state index contributed by atoms with van der Waals surface area (Å²) in [6.45, 7) is 5.60. The number of ether oxygens (including phenoxy) is 1. The first-order chi connectivity index (χ1) is 9.80. The van der Waals surface area contributed by atoms with E-state index in [2.05, 4.69) is 9.97 Å². The molecule has 7 heteroatoms. The number of carbonyl (C=O) groups is 1. The van der Waals surface area contributed by atoms with Gasteiger partial charge in [-0.15, -0.1) is 0 Å². The van der Waals surface area contributed by atoms with Crippen LogP contribution in [0.5, 0.6) is 11.6 Å². The van der Waals surface area contributed by atoms with Gasteiger partial charge in [-0.05, 0) is 32.9 Å². The average molecular weight is 289 g/mol. The number of nitrogens with zero attached hydrogens (tertiary/aromatic N) is 3. The molecule has 0 aliphatic rings. The van der Waals surface area contributed by atoms with Crippen molar-refractivity contribution in [3.05, 3.63) is 46.8 Å². The number of rotatable bonds is 3. The minimum absolute atomic E-state index is 0.0266. The Labute approximate surface area is 120 Å². The molecule has 0 spiro atoms. The summed E-state index contributed by atoms with van der Waals surface area (Å²) in [5.41, 5.74) is -1.15. The standard InChI is InChI=1S/C14H15N3O4/c1-14(2,3)17-8-7-16-11(12(17)18)21-9-5-4-6-15-10(9)13(19)20/h4-8H,1-3H3,(H,19,20). The topological polar surface area (TPSA) is 94.3 Å². The SMILES string of the molecule is CC(C)(C)n1ccnc(Oc2cccnc2C(=O)O)c1=O. The second kappa shape index (κ2) is 5.35. The van der Waals surface area contributed by atoms with Gasteiger partial charge in [0.2, 0.25) is 0 Å². The Bertz CT molecular complexity index is 731. The van der Waals surface area contributed by atoms with Gasteiger partial charge in [-0.2, -0.15) is 0 Å². The molecule has 0 aliphatic heterocycles. The summed E-state index contributed by atoms with van der Waals surface area (Å²) in [5, 5.41) is 9.05. The number of carboxylic acids is 1. The number of aromatic nitrogens is 3. The molecule has 2 heterocycles. The van der Waals surface area contributed by atoms with Crippen LogP contribution >= 0.6 is 0 Å². The molecule has 0 saturated heterocycles. The van der Waals surface area contributed by atoms with E-state index in [1.54, 1.807) is 6.20 Å². The monoisotopic (exact) mass is 289 g/mol. The van der Waals surface area contributed by atoms with Crippen molar-refractivity contribution in [3.63, 3.8) is 0 Å². The van der Waals surface area contributed by atoms with Crippen LogP contribution in [0.25, 0.3) is 0 Å². The molecule has 2 rings (SSSR count). The number of carboxylic acid groups (broad SMARTS) is 1. The smallest absolute Gasteiger partial charge is 0.358 e. The van der Waals surface area contributed by atoms with E-state index in [-0.39, 0.29) is 17.3 Å². The summed E-state index contributed by atoms with van der Waals surface area (Å²) >= 11 is 0. The van der Waals surface area contributed by atoms with Crippen molar-refractivity contribution in [2.45, 2.75) is 26.3 Å². The Morgan fingerprint density at radius 1 is 1.29 bits per heavy atom. The highest BCUT2D eigenvalue weighted by molar-refractivity contribution is 5.88. The zero-order chi connectivity index (χ0) is 15.6. The lowest BCUT2D eigenvalue weighted by atomic mass is 10.1. The van der Waals surface area contributed by atoms with E-state index in [0.717, 1.165) is 0 Å². The number of aromatic carboxylic acids is 1. The molecule has 0 radical (unpaired) electrons. The molecule has 0 unspecified atom stereocenters. The van der Waals surface area contributed by atoms with Crippen LogP contribution in [-0.4, -0.2) is 25.6 Å². The highest BCUT2D eigenvalue weighted by atomic mass is 16.5. The van der Waals surface area contributed by atoms with Crippen molar-refractivity contribution in [2.75, 3.05) is 0 Å². The van der Waals surface area contributed by atoms with E-state index in [1.165, 1.54) is 29.1 Å². The molecule has 0 aromatic carbocycles. The molecule has 0 fully saturated rings. The van der Waals surface area contributed by atoms with Crippen molar-refractivity contribution in [2.24, 2.45) is 0 Å². The van der Waals surface area contributed by atoms with Gasteiger partial charge in [-0.25, -0.2) is 14.8 Å². The Morgan fingerprint density at radius 3 is 2.62 bits per heavy atom. The van der Waals surface area contributed by atoms with Gasteiger partial charge in [0.05, 0.1) is 0 Å². The quantitative estimate of drug-likeness (QED) is 0.927. The summed E-state index contributed by atoms with van der Waals surface area (Å²) in [4.78, 5) is 31.0. The lowest BCUT2D eigenvalue weighted by Crippen LogP contribution is -2.34. The predicted molar refractivity (Wildman–Crippen MR) is 74.8 cm³/mol. The summed E-state index contributed by atoms with van der Waals surface area (Å²) in [5.74, 6) is -1.46. The van der Waals surface area contributed by atoms with E-state index in [4.69, 9.17) is 9.84 Å². The fraction of sp³-hybridized carbons (Fsp3) is 0.286. The molecule has 0 amide bonds. The number of pyridine rings is 1. The summed E-state index contributed by atoms with van der Waals surface area (Å²) < 4.78 is 6.81. The third-order valence-corrected chi connectivity index (χ3v) is 2.71. The normalized spacial score (nSPS) is 11.2.